The van der Waals surface area contributed by atoms with Gasteiger partial charge in [0.15, 0.2) is 5.75 Å². The van der Waals surface area contributed by atoms with Crippen molar-refractivity contribution in [1.82, 2.24) is 14.8 Å². The SMILES string of the molecule is CC(C)(C)C(O)/C(=C\c1ccc(Cl)c(O)c1Cl)n1cncn1. The van der Waals surface area contributed by atoms with E-state index in [1.807, 2.05) is 20.8 Å². The Balaban J connectivity index is 2.57. The average Bonchev–Trinajstić information content (AvgIpc) is 2.96. The molecule has 1 aromatic heterocycles. The quantitative estimate of drug-likeness (QED) is 0.892. The second kappa shape index (κ2) is 6.28. The molecule has 0 spiro atoms. The summed E-state index contributed by atoms with van der Waals surface area (Å²) in [7, 11) is 0. The number of benzene rings is 1. The van der Waals surface area contributed by atoms with Gasteiger partial charge in [-0.1, -0.05) is 50.0 Å². The van der Waals surface area contributed by atoms with Crippen molar-refractivity contribution in [1.29, 1.82) is 0 Å². The number of phenols is 1. The maximum atomic E-state index is 10.6. The largest absolute Gasteiger partial charge is 0.505 e. The lowest BCUT2D eigenvalue weighted by atomic mass is 9.86. The third-order valence-corrected chi connectivity index (χ3v) is 3.89. The predicted molar refractivity (Wildman–Crippen MR) is 87.8 cm³/mol. The number of hydrogen-bond donors (Lipinski definition) is 2. The van der Waals surface area contributed by atoms with Gasteiger partial charge in [0.05, 0.1) is 15.7 Å². The maximum absolute atomic E-state index is 10.6. The zero-order valence-electron chi connectivity index (χ0n) is 12.5. The molecule has 2 rings (SSSR count). The summed E-state index contributed by atoms with van der Waals surface area (Å²) in [6.45, 7) is 5.72. The van der Waals surface area contributed by atoms with Gasteiger partial charge >= 0.3 is 0 Å². The van der Waals surface area contributed by atoms with E-state index in [4.69, 9.17) is 23.2 Å². The lowest BCUT2D eigenvalue weighted by Crippen LogP contribution is -2.29. The highest BCUT2D eigenvalue weighted by Crippen LogP contribution is 2.37. The van der Waals surface area contributed by atoms with E-state index in [-0.39, 0.29) is 15.8 Å². The van der Waals surface area contributed by atoms with E-state index in [9.17, 15) is 10.2 Å². The Bertz CT molecular complexity index is 692. The lowest BCUT2D eigenvalue weighted by molar-refractivity contribution is 0.109. The number of aromatic hydroxyl groups is 1. The molecule has 1 unspecified atom stereocenters. The van der Waals surface area contributed by atoms with Gasteiger partial charge < -0.3 is 10.2 Å². The molecule has 0 saturated carbocycles. The molecule has 0 bridgehead atoms. The molecule has 0 aliphatic heterocycles. The molecule has 0 aliphatic rings. The highest BCUT2D eigenvalue weighted by molar-refractivity contribution is 6.38. The van der Waals surface area contributed by atoms with Crippen molar-refractivity contribution in [2.45, 2.75) is 26.9 Å². The van der Waals surface area contributed by atoms with Crippen LogP contribution in [0.15, 0.2) is 24.8 Å². The first-order valence-electron chi connectivity index (χ1n) is 6.63. The van der Waals surface area contributed by atoms with Gasteiger partial charge in [-0.25, -0.2) is 9.67 Å². The number of rotatable bonds is 3. The summed E-state index contributed by atoms with van der Waals surface area (Å²) in [5, 5.41) is 24.8. The van der Waals surface area contributed by atoms with E-state index in [1.165, 1.54) is 23.4 Å². The molecule has 0 aliphatic carbocycles. The molecular formula is C15H17Cl2N3O2. The van der Waals surface area contributed by atoms with Gasteiger partial charge in [-0.15, -0.1) is 0 Å². The summed E-state index contributed by atoms with van der Waals surface area (Å²) < 4.78 is 1.47. The number of aliphatic hydroxyl groups excluding tert-OH is 1. The van der Waals surface area contributed by atoms with Crippen LogP contribution < -0.4 is 0 Å². The number of aromatic nitrogens is 3. The van der Waals surface area contributed by atoms with Crippen molar-refractivity contribution in [3.63, 3.8) is 0 Å². The smallest absolute Gasteiger partial charge is 0.153 e. The predicted octanol–water partition coefficient (Wildman–Crippen LogP) is 3.70. The van der Waals surface area contributed by atoms with E-state index in [2.05, 4.69) is 10.1 Å². The highest BCUT2D eigenvalue weighted by Gasteiger charge is 2.28. The van der Waals surface area contributed by atoms with E-state index < -0.39 is 11.5 Å². The fourth-order valence-electron chi connectivity index (χ4n) is 1.88. The highest BCUT2D eigenvalue weighted by atomic mass is 35.5. The molecular weight excluding hydrogens is 325 g/mol. The van der Waals surface area contributed by atoms with Crippen LogP contribution in [0, 0.1) is 5.41 Å². The molecule has 7 heteroatoms. The first kappa shape index (κ1) is 16.8. The van der Waals surface area contributed by atoms with Crippen LogP contribution >= 0.6 is 23.2 Å². The van der Waals surface area contributed by atoms with Gasteiger partial charge in [-0.3, -0.25) is 0 Å². The Morgan fingerprint density at radius 1 is 1.32 bits per heavy atom. The van der Waals surface area contributed by atoms with Crippen LogP contribution in [0.3, 0.4) is 0 Å². The van der Waals surface area contributed by atoms with E-state index in [0.717, 1.165) is 0 Å². The maximum Gasteiger partial charge on any atom is 0.153 e. The van der Waals surface area contributed by atoms with Gasteiger partial charge in [0.1, 0.15) is 18.8 Å². The lowest BCUT2D eigenvalue weighted by Gasteiger charge is -2.28. The average molecular weight is 342 g/mol. The third kappa shape index (κ3) is 3.43. The summed E-state index contributed by atoms with van der Waals surface area (Å²) >= 11 is 11.9. The van der Waals surface area contributed by atoms with Crippen molar-refractivity contribution in [2.24, 2.45) is 5.41 Å². The van der Waals surface area contributed by atoms with Gasteiger partial charge in [0.2, 0.25) is 0 Å². The van der Waals surface area contributed by atoms with Crippen LogP contribution in [0.1, 0.15) is 26.3 Å². The Morgan fingerprint density at radius 3 is 2.55 bits per heavy atom. The Labute approximate surface area is 138 Å². The van der Waals surface area contributed by atoms with Crippen molar-refractivity contribution in [3.05, 3.63) is 40.4 Å². The fraction of sp³-hybridized carbons (Fsp3) is 0.333. The topological polar surface area (TPSA) is 71.2 Å². The normalized spacial score (nSPS) is 14.2. The van der Waals surface area contributed by atoms with Gasteiger partial charge in [-0.05, 0) is 23.1 Å². The molecule has 0 radical (unpaired) electrons. The summed E-state index contributed by atoms with van der Waals surface area (Å²) in [4.78, 5) is 3.90. The summed E-state index contributed by atoms with van der Waals surface area (Å²) in [6, 6.07) is 3.20. The van der Waals surface area contributed by atoms with Crippen LogP contribution in [-0.2, 0) is 0 Å². The zero-order chi connectivity index (χ0) is 16.5. The van der Waals surface area contributed by atoms with Crippen LogP contribution in [0.4, 0.5) is 0 Å². The van der Waals surface area contributed by atoms with E-state index in [1.54, 1.807) is 12.1 Å². The Morgan fingerprint density at radius 2 is 2.00 bits per heavy atom. The number of phenolic OH excluding ortho intramolecular Hbond substituents is 1. The second-order valence-corrected chi connectivity index (χ2v) is 6.76. The van der Waals surface area contributed by atoms with Crippen LogP contribution in [0.25, 0.3) is 11.8 Å². The van der Waals surface area contributed by atoms with E-state index >= 15 is 0 Å². The van der Waals surface area contributed by atoms with Gasteiger partial charge in [0.25, 0.3) is 0 Å². The minimum Gasteiger partial charge on any atom is -0.505 e. The minimum atomic E-state index is -0.817. The standard InChI is InChI=1S/C15H17Cl2N3O2/c1-15(2,3)14(22)11(20-8-18-7-19-20)6-9-4-5-10(16)13(21)12(9)17/h4-8,14,21-22H,1-3H3/b11-6+. The second-order valence-electron chi connectivity index (χ2n) is 5.98. The van der Waals surface area contributed by atoms with Gasteiger partial charge in [0, 0.05) is 0 Å². The molecule has 22 heavy (non-hydrogen) atoms. The molecule has 118 valence electrons. The third-order valence-electron chi connectivity index (χ3n) is 3.18. The molecule has 1 atom stereocenters. The Kier molecular flexibility index (Phi) is 4.80. The molecule has 0 amide bonds. The van der Waals surface area contributed by atoms with Crippen molar-refractivity contribution < 1.29 is 10.2 Å². The molecule has 0 saturated heterocycles. The van der Waals surface area contributed by atoms with Crippen LogP contribution in [-0.4, -0.2) is 31.1 Å². The number of nitrogens with zero attached hydrogens (tertiary/aromatic N) is 3. The summed E-state index contributed by atoms with van der Waals surface area (Å²) in [5.74, 6) is -0.194. The molecule has 2 aromatic rings. The van der Waals surface area contributed by atoms with Crippen molar-refractivity contribution in [2.75, 3.05) is 0 Å². The number of halogens is 2. The van der Waals surface area contributed by atoms with Crippen molar-refractivity contribution in [3.8, 4) is 5.75 Å². The summed E-state index contributed by atoms with van der Waals surface area (Å²) in [5.41, 5.74) is 0.602. The summed E-state index contributed by atoms with van der Waals surface area (Å²) in [6.07, 6.45) is 3.71. The van der Waals surface area contributed by atoms with Crippen molar-refractivity contribution >= 4 is 35.0 Å². The molecule has 0 fully saturated rings. The monoisotopic (exact) mass is 341 g/mol. The molecule has 1 heterocycles. The minimum absolute atomic E-state index is 0.117. The fourth-order valence-corrected chi connectivity index (χ4v) is 2.31. The zero-order valence-corrected chi connectivity index (χ0v) is 14.0. The molecule has 5 nitrogen and oxygen atoms in total. The molecule has 2 N–H and O–H groups in total. The van der Waals surface area contributed by atoms with Crippen LogP contribution in [0.2, 0.25) is 10.0 Å². The first-order chi connectivity index (χ1) is 10.2. The van der Waals surface area contributed by atoms with Gasteiger partial charge in [-0.2, -0.15) is 5.10 Å². The Hall–Kier alpha value is -1.56. The van der Waals surface area contributed by atoms with Crippen LogP contribution in [0.5, 0.6) is 5.75 Å². The first-order valence-corrected chi connectivity index (χ1v) is 7.39. The number of aliphatic hydroxyl groups is 1. The van der Waals surface area contributed by atoms with E-state index in [0.29, 0.717) is 11.3 Å². The number of hydrogen-bond acceptors (Lipinski definition) is 4. The molecule has 1 aromatic carbocycles.